The minimum Gasteiger partial charge on any atom is -0.399 e. The van der Waals surface area contributed by atoms with E-state index in [1.807, 2.05) is 6.92 Å². The van der Waals surface area contributed by atoms with E-state index in [0.29, 0.717) is 11.4 Å². The van der Waals surface area contributed by atoms with Crippen molar-refractivity contribution in [2.24, 2.45) is 5.14 Å². The maximum atomic E-state index is 11.3. The van der Waals surface area contributed by atoms with Crippen molar-refractivity contribution in [3.63, 3.8) is 0 Å². The maximum Gasteiger partial charge on any atom is 0.238 e. The van der Waals surface area contributed by atoms with Crippen LogP contribution in [0.2, 0.25) is 0 Å². The molecule has 0 amide bonds. The van der Waals surface area contributed by atoms with E-state index in [9.17, 15) is 8.42 Å². The van der Waals surface area contributed by atoms with Gasteiger partial charge in [0.1, 0.15) is 0 Å². The first kappa shape index (κ1) is 14.1. The molecular formula is C12H19N3O3S. The van der Waals surface area contributed by atoms with Crippen LogP contribution in [0.3, 0.4) is 0 Å². The van der Waals surface area contributed by atoms with Crippen molar-refractivity contribution in [3.05, 3.63) is 18.2 Å². The van der Waals surface area contributed by atoms with E-state index in [4.69, 9.17) is 15.6 Å². The zero-order chi connectivity index (χ0) is 14.0. The molecule has 5 N–H and O–H groups in total. The van der Waals surface area contributed by atoms with Crippen LogP contribution in [0.25, 0.3) is 0 Å². The van der Waals surface area contributed by atoms with Gasteiger partial charge in [-0.05, 0) is 38.0 Å². The molecule has 1 aliphatic rings. The summed E-state index contributed by atoms with van der Waals surface area (Å²) in [5, 5.41) is 8.32. The molecule has 7 heteroatoms. The van der Waals surface area contributed by atoms with E-state index in [2.05, 4.69) is 5.32 Å². The Kier molecular flexibility index (Phi) is 3.98. The molecule has 1 saturated heterocycles. The lowest BCUT2D eigenvalue weighted by Crippen LogP contribution is -2.30. The first-order valence-electron chi connectivity index (χ1n) is 6.18. The molecular weight excluding hydrogens is 266 g/mol. The van der Waals surface area contributed by atoms with E-state index < -0.39 is 10.0 Å². The molecule has 106 valence electrons. The van der Waals surface area contributed by atoms with Crippen LogP contribution in [0.4, 0.5) is 11.4 Å². The Morgan fingerprint density at radius 2 is 2.16 bits per heavy atom. The van der Waals surface area contributed by atoms with Gasteiger partial charge in [0.15, 0.2) is 0 Å². The number of anilines is 2. The highest BCUT2D eigenvalue weighted by Gasteiger charge is 2.22. The topological polar surface area (TPSA) is 107 Å². The molecule has 19 heavy (non-hydrogen) atoms. The van der Waals surface area contributed by atoms with E-state index >= 15 is 0 Å². The highest BCUT2D eigenvalue weighted by molar-refractivity contribution is 7.89. The SMILES string of the molecule is CC(Nc1cc(N)cc(S(N)(=O)=O)c1)C1CCCO1. The van der Waals surface area contributed by atoms with E-state index in [1.165, 1.54) is 12.1 Å². The lowest BCUT2D eigenvalue weighted by molar-refractivity contribution is 0.0996. The fourth-order valence-electron chi connectivity index (χ4n) is 2.22. The summed E-state index contributed by atoms with van der Waals surface area (Å²) in [6.45, 7) is 2.77. The lowest BCUT2D eigenvalue weighted by atomic mass is 10.1. The van der Waals surface area contributed by atoms with Crippen LogP contribution >= 0.6 is 0 Å². The van der Waals surface area contributed by atoms with Crippen molar-refractivity contribution in [2.75, 3.05) is 17.7 Å². The number of primary sulfonamides is 1. The van der Waals surface area contributed by atoms with E-state index in [1.54, 1.807) is 6.07 Å². The third-order valence-corrected chi connectivity index (χ3v) is 4.07. The average molecular weight is 285 g/mol. The summed E-state index contributed by atoms with van der Waals surface area (Å²) in [6.07, 6.45) is 2.19. The predicted octanol–water partition coefficient (Wildman–Crippen LogP) is 0.896. The van der Waals surface area contributed by atoms with Crippen LogP contribution in [0.15, 0.2) is 23.1 Å². The zero-order valence-corrected chi connectivity index (χ0v) is 11.6. The molecule has 0 radical (unpaired) electrons. The first-order chi connectivity index (χ1) is 8.86. The Morgan fingerprint density at radius 1 is 1.42 bits per heavy atom. The number of sulfonamides is 1. The standard InChI is InChI=1S/C12H19N3O3S/c1-8(12-3-2-4-18-12)15-10-5-9(13)6-11(7-10)19(14,16)17/h5-8,12,15H,2-4,13H2,1H3,(H2,14,16,17). The molecule has 1 heterocycles. The lowest BCUT2D eigenvalue weighted by Gasteiger charge is -2.21. The fraction of sp³-hybridized carbons (Fsp3) is 0.500. The van der Waals surface area contributed by atoms with Crippen LogP contribution in [-0.4, -0.2) is 27.2 Å². The minimum atomic E-state index is -3.75. The molecule has 0 aromatic heterocycles. The van der Waals surface area contributed by atoms with Crippen LogP contribution in [-0.2, 0) is 14.8 Å². The summed E-state index contributed by atoms with van der Waals surface area (Å²) in [6, 6.07) is 4.59. The number of nitrogens with one attached hydrogen (secondary N) is 1. The molecule has 2 atom stereocenters. The highest BCUT2D eigenvalue weighted by atomic mass is 32.2. The molecule has 2 rings (SSSR count). The number of ether oxygens (including phenoxy) is 1. The smallest absolute Gasteiger partial charge is 0.238 e. The van der Waals surface area contributed by atoms with Gasteiger partial charge in [0.25, 0.3) is 0 Å². The largest absolute Gasteiger partial charge is 0.399 e. The molecule has 0 bridgehead atoms. The number of benzene rings is 1. The second-order valence-electron chi connectivity index (χ2n) is 4.82. The second-order valence-corrected chi connectivity index (χ2v) is 6.38. The van der Waals surface area contributed by atoms with Crippen LogP contribution in [0, 0.1) is 0 Å². The number of hydrogen-bond acceptors (Lipinski definition) is 5. The summed E-state index contributed by atoms with van der Waals surface area (Å²) < 4.78 is 28.3. The van der Waals surface area contributed by atoms with Crippen molar-refractivity contribution in [2.45, 2.75) is 36.8 Å². The van der Waals surface area contributed by atoms with Crippen LogP contribution < -0.4 is 16.2 Å². The van der Waals surface area contributed by atoms with Gasteiger partial charge < -0.3 is 15.8 Å². The van der Waals surface area contributed by atoms with Gasteiger partial charge in [-0.25, -0.2) is 13.6 Å². The van der Waals surface area contributed by atoms with Crippen LogP contribution in [0.1, 0.15) is 19.8 Å². The van der Waals surface area contributed by atoms with Gasteiger partial charge in [-0.1, -0.05) is 0 Å². The number of rotatable bonds is 4. The molecule has 0 spiro atoms. The number of hydrogen-bond donors (Lipinski definition) is 3. The zero-order valence-electron chi connectivity index (χ0n) is 10.8. The van der Waals surface area contributed by atoms with Crippen molar-refractivity contribution in [3.8, 4) is 0 Å². The van der Waals surface area contributed by atoms with Crippen molar-refractivity contribution in [1.29, 1.82) is 0 Å². The van der Waals surface area contributed by atoms with Gasteiger partial charge in [-0.2, -0.15) is 0 Å². The quantitative estimate of drug-likeness (QED) is 0.712. The van der Waals surface area contributed by atoms with Crippen molar-refractivity contribution >= 4 is 21.4 Å². The normalized spacial score (nSPS) is 21.3. The Bertz CT molecular complexity index is 553. The maximum absolute atomic E-state index is 11.3. The third-order valence-electron chi connectivity index (χ3n) is 3.17. The molecule has 1 aliphatic heterocycles. The first-order valence-corrected chi connectivity index (χ1v) is 7.72. The third kappa shape index (κ3) is 3.59. The van der Waals surface area contributed by atoms with Gasteiger partial charge in [-0.15, -0.1) is 0 Å². The Hall–Kier alpha value is -1.31. The Balaban J connectivity index is 2.18. The molecule has 6 nitrogen and oxygen atoms in total. The summed E-state index contributed by atoms with van der Waals surface area (Å²) in [4.78, 5) is 0.00883. The van der Waals surface area contributed by atoms with Crippen LogP contribution in [0.5, 0.6) is 0 Å². The molecule has 2 unspecified atom stereocenters. The van der Waals surface area contributed by atoms with Gasteiger partial charge in [0.2, 0.25) is 10.0 Å². The van der Waals surface area contributed by atoms with Gasteiger partial charge >= 0.3 is 0 Å². The van der Waals surface area contributed by atoms with Crippen molar-refractivity contribution in [1.82, 2.24) is 0 Å². The molecule has 1 aromatic rings. The summed E-state index contributed by atoms with van der Waals surface area (Å²) in [7, 11) is -3.75. The summed E-state index contributed by atoms with van der Waals surface area (Å²) in [5.41, 5.74) is 6.68. The number of nitrogen functional groups attached to an aromatic ring is 1. The predicted molar refractivity (Wildman–Crippen MR) is 74.3 cm³/mol. The second kappa shape index (κ2) is 5.36. The Labute approximate surface area is 113 Å². The molecule has 0 aliphatic carbocycles. The average Bonchev–Trinajstić information content (AvgIpc) is 2.80. The minimum absolute atomic E-state index is 0.00883. The summed E-state index contributed by atoms with van der Waals surface area (Å²) in [5.74, 6) is 0. The molecule has 1 fully saturated rings. The molecule has 0 saturated carbocycles. The number of nitrogens with two attached hydrogens (primary N) is 2. The monoisotopic (exact) mass is 285 g/mol. The van der Waals surface area contributed by atoms with Gasteiger partial charge in [-0.3, -0.25) is 0 Å². The van der Waals surface area contributed by atoms with Crippen molar-refractivity contribution < 1.29 is 13.2 Å². The van der Waals surface area contributed by atoms with Gasteiger partial charge in [0, 0.05) is 24.0 Å². The summed E-state index contributed by atoms with van der Waals surface area (Å²) >= 11 is 0. The molecule has 1 aromatic carbocycles. The highest BCUT2D eigenvalue weighted by Crippen LogP contribution is 2.23. The Morgan fingerprint density at radius 3 is 2.74 bits per heavy atom. The van der Waals surface area contributed by atoms with Gasteiger partial charge in [0.05, 0.1) is 11.0 Å². The van der Waals surface area contributed by atoms with E-state index in [0.717, 1.165) is 19.4 Å². The fourth-order valence-corrected chi connectivity index (χ4v) is 2.81. The van der Waals surface area contributed by atoms with E-state index in [-0.39, 0.29) is 17.0 Å².